The average Bonchev–Trinajstić information content (AvgIpc) is 3.06. The highest BCUT2D eigenvalue weighted by molar-refractivity contribution is 5.84. The Morgan fingerprint density at radius 2 is 1.73 bits per heavy atom. The number of hydrogen-bond donors (Lipinski definition) is 1. The Bertz CT molecular complexity index is 925. The lowest BCUT2D eigenvalue weighted by atomic mass is 9.89. The predicted molar refractivity (Wildman–Crippen MR) is 96.9 cm³/mol. The first kappa shape index (κ1) is 16.8. The number of aromatic amines is 1. The maximum Gasteiger partial charge on any atom is 0.226 e. The summed E-state index contributed by atoms with van der Waals surface area (Å²) in [4.78, 5) is 17.6. The highest BCUT2D eigenvalue weighted by Crippen LogP contribution is 2.33. The van der Waals surface area contributed by atoms with Crippen molar-refractivity contribution in [3.63, 3.8) is 0 Å². The molecular formula is C21H20F2N2O. The van der Waals surface area contributed by atoms with Gasteiger partial charge < -0.3 is 9.88 Å². The molecule has 2 aromatic carbocycles. The van der Waals surface area contributed by atoms with Gasteiger partial charge in [0.05, 0.1) is 6.42 Å². The summed E-state index contributed by atoms with van der Waals surface area (Å²) in [6.45, 7) is 1.37. The Labute approximate surface area is 150 Å². The molecule has 26 heavy (non-hydrogen) atoms. The molecule has 1 aliphatic rings. The number of nitrogens with one attached hydrogen (secondary N) is 1. The van der Waals surface area contributed by atoms with Crippen molar-refractivity contribution in [2.75, 3.05) is 13.1 Å². The Balaban J connectivity index is 1.41. The Hall–Kier alpha value is -2.69. The molecule has 1 saturated heterocycles. The van der Waals surface area contributed by atoms with E-state index < -0.39 is 0 Å². The Kier molecular flexibility index (Phi) is 4.45. The molecule has 1 fully saturated rings. The summed E-state index contributed by atoms with van der Waals surface area (Å²) in [5, 5.41) is 0.932. The van der Waals surface area contributed by atoms with Crippen LogP contribution in [0.1, 0.15) is 29.9 Å². The first-order valence-electron chi connectivity index (χ1n) is 8.89. The summed E-state index contributed by atoms with van der Waals surface area (Å²) < 4.78 is 26.5. The van der Waals surface area contributed by atoms with Crippen LogP contribution in [0.5, 0.6) is 0 Å². The van der Waals surface area contributed by atoms with E-state index in [1.807, 2.05) is 11.1 Å². The molecule has 0 spiro atoms. The van der Waals surface area contributed by atoms with Gasteiger partial charge in [-0.1, -0.05) is 12.1 Å². The van der Waals surface area contributed by atoms with E-state index >= 15 is 0 Å². The number of carbonyl (C=O) groups excluding carboxylic acids is 1. The number of rotatable bonds is 3. The third-order valence-electron chi connectivity index (χ3n) is 5.23. The zero-order chi connectivity index (χ0) is 18.1. The standard InChI is InChI=1S/C21H20F2N2O/c22-16-3-1-14(2-4-16)11-21(26)25-9-7-15(8-10-25)19-13-24-20-6-5-17(23)12-18(19)20/h1-6,12-13,15,24H,7-11H2. The zero-order valence-corrected chi connectivity index (χ0v) is 14.3. The lowest BCUT2D eigenvalue weighted by Gasteiger charge is -2.32. The number of likely N-dealkylation sites (tertiary alicyclic amines) is 1. The number of carbonyl (C=O) groups is 1. The number of H-pyrrole nitrogens is 1. The molecule has 0 bridgehead atoms. The molecular weight excluding hydrogens is 334 g/mol. The predicted octanol–water partition coefficient (Wildman–Crippen LogP) is 4.39. The number of piperidine rings is 1. The zero-order valence-electron chi connectivity index (χ0n) is 14.3. The van der Waals surface area contributed by atoms with E-state index in [9.17, 15) is 13.6 Å². The summed E-state index contributed by atoms with van der Waals surface area (Å²) in [7, 11) is 0. The number of benzene rings is 2. The SMILES string of the molecule is O=C(Cc1ccc(F)cc1)N1CCC(c2c[nH]c3ccc(F)cc23)CC1. The fraction of sp³-hybridized carbons (Fsp3) is 0.286. The highest BCUT2D eigenvalue weighted by atomic mass is 19.1. The average molecular weight is 354 g/mol. The van der Waals surface area contributed by atoms with Gasteiger partial charge in [0.2, 0.25) is 5.91 Å². The van der Waals surface area contributed by atoms with Crippen LogP contribution in [0.2, 0.25) is 0 Å². The summed E-state index contributed by atoms with van der Waals surface area (Å²) >= 11 is 0. The molecule has 3 aromatic rings. The van der Waals surface area contributed by atoms with E-state index in [0.717, 1.165) is 34.9 Å². The first-order chi connectivity index (χ1) is 12.6. The van der Waals surface area contributed by atoms with Crippen LogP contribution >= 0.6 is 0 Å². The van der Waals surface area contributed by atoms with Gasteiger partial charge in [-0.3, -0.25) is 4.79 Å². The molecule has 0 atom stereocenters. The van der Waals surface area contributed by atoms with E-state index in [0.29, 0.717) is 25.4 Å². The normalized spacial score (nSPS) is 15.5. The van der Waals surface area contributed by atoms with Crippen LogP contribution in [-0.2, 0) is 11.2 Å². The molecule has 3 nitrogen and oxygen atoms in total. The molecule has 0 saturated carbocycles. The van der Waals surface area contributed by atoms with Crippen molar-refractivity contribution in [2.24, 2.45) is 0 Å². The van der Waals surface area contributed by atoms with Gasteiger partial charge >= 0.3 is 0 Å². The summed E-state index contributed by atoms with van der Waals surface area (Å²) in [5.41, 5.74) is 2.90. The van der Waals surface area contributed by atoms with Gasteiger partial charge in [0.1, 0.15) is 11.6 Å². The van der Waals surface area contributed by atoms with Crippen molar-refractivity contribution in [3.8, 4) is 0 Å². The molecule has 5 heteroatoms. The fourth-order valence-corrected chi connectivity index (χ4v) is 3.78. The lowest BCUT2D eigenvalue weighted by Crippen LogP contribution is -2.38. The molecule has 2 heterocycles. The quantitative estimate of drug-likeness (QED) is 0.744. The van der Waals surface area contributed by atoms with Crippen LogP contribution in [0.15, 0.2) is 48.7 Å². The number of halogens is 2. The van der Waals surface area contributed by atoms with Gasteiger partial charge in [-0.15, -0.1) is 0 Å². The monoisotopic (exact) mass is 354 g/mol. The Morgan fingerprint density at radius 1 is 1.04 bits per heavy atom. The fourth-order valence-electron chi connectivity index (χ4n) is 3.78. The minimum atomic E-state index is -0.294. The number of amides is 1. The number of hydrogen-bond acceptors (Lipinski definition) is 1. The van der Waals surface area contributed by atoms with Gasteiger partial charge in [0, 0.05) is 30.2 Å². The van der Waals surface area contributed by atoms with E-state index in [1.165, 1.54) is 18.2 Å². The second-order valence-corrected chi connectivity index (χ2v) is 6.89. The van der Waals surface area contributed by atoms with Crippen LogP contribution in [-0.4, -0.2) is 28.9 Å². The smallest absolute Gasteiger partial charge is 0.226 e. The molecule has 1 aliphatic heterocycles. The third kappa shape index (κ3) is 3.34. The molecule has 0 radical (unpaired) electrons. The van der Waals surface area contributed by atoms with Crippen molar-refractivity contribution in [1.82, 2.24) is 9.88 Å². The van der Waals surface area contributed by atoms with Crippen LogP contribution in [0.25, 0.3) is 10.9 Å². The van der Waals surface area contributed by atoms with Crippen molar-refractivity contribution in [1.29, 1.82) is 0 Å². The highest BCUT2D eigenvalue weighted by Gasteiger charge is 2.25. The summed E-state index contributed by atoms with van der Waals surface area (Å²) in [6.07, 6.45) is 3.98. The van der Waals surface area contributed by atoms with E-state index in [2.05, 4.69) is 4.98 Å². The minimum Gasteiger partial charge on any atom is -0.361 e. The molecule has 0 unspecified atom stereocenters. The number of fused-ring (bicyclic) bond motifs is 1. The number of aromatic nitrogens is 1. The maximum atomic E-state index is 13.6. The van der Waals surface area contributed by atoms with Crippen molar-refractivity contribution < 1.29 is 13.6 Å². The second kappa shape index (κ2) is 6.90. The van der Waals surface area contributed by atoms with Crippen LogP contribution < -0.4 is 0 Å². The van der Waals surface area contributed by atoms with E-state index in [-0.39, 0.29) is 17.5 Å². The molecule has 1 aromatic heterocycles. The van der Waals surface area contributed by atoms with Gasteiger partial charge in [-0.25, -0.2) is 8.78 Å². The van der Waals surface area contributed by atoms with Crippen LogP contribution in [0, 0.1) is 11.6 Å². The minimum absolute atomic E-state index is 0.0695. The van der Waals surface area contributed by atoms with Crippen LogP contribution in [0.4, 0.5) is 8.78 Å². The van der Waals surface area contributed by atoms with Gasteiger partial charge in [-0.05, 0) is 60.2 Å². The van der Waals surface area contributed by atoms with Crippen molar-refractivity contribution >= 4 is 16.8 Å². The molecule has 1 N–H and O–H groups in total. The van der Waals surface area contributed by atoms with Gasteiger partial charge in [0.25, 0.3) is 0 Å². The topological polar surface area (TPSA) is 36.1 Å². The molecule has 4 rings (SSSR count). The molecule has 134 valence electrons. The Morgan fingerprint density at radius 3 is 2.46 bits per heavy atom. The van der Waals surface area contributed by atoms with Crippen molar-refractivity contribution in [3.05, 3.63) is 71.4 Å². The van der Waals surface area contributed by atoms with Gasteiger partial charge in [-0.2, -0.15) is 0 Å². The van der Waals surface area contributed by atoms with Crippen LogP contribution in [0.3, 0.4) is 0 Å². The van der Waals surface area contributed by atoms with Gasteiger partial charge in [0.15, 0.2) is 0 Å². The largest absolute Gasteiger partial charge is 0.361 e. The van der Waals surface area contributed by atoms with E-state index in [1.54, 1.807) is 24.3 Å². The summed E-state index contributed by atoms with van der Waals surface area (Å²) in [5.74, 6) is -0.136. The first-order valence-corrected chi connectivity index (χ1v) is 8.89. The molecule has 1 amide bonds. The number of nitrogens with zero attached hydrogens (tertiary/aromatic N) is 1. The van der Waals surface area contributed by atoms with E-state index in [4.69, 9.17) is 0 Å². The maximum absolute atomic E-state index is 13.6. The third-order valence-corrected chi connectivity index (χ3v) is 5.23. The lowest BCUT2D eigenvalue weighted by molar-refractivity contribution is -0.131. The van der Waals surface area contributed by atoms with Crippen molar-refractivity contribution in [2.45, 2.75) is 25.2 Å². The second-order valence-electron chi connectivity index (χ2n) is 6.89. The molecule has 0 aliphatic carbocycles. The summed E-state index contributed by atoms with van der Waals surface area (Å²) in [6, 6.07) is 10.9.